The van der Waals surface area contributed by atoms with E-state index < -0.39 is 22.2 Å². The first-order valence-electron chi connectivity index (χ1n) is 12.4. The molecule has 0 aliphatic carbocycles. The molecule has 0 N–H and O–H groups in total. The van der Waals surface area contributed by atoms with Crippen LogP contribution >= 0.6 is 24.4 Å². The normalized spacial score (nSPS) is 18.2. The summed E-state index contributed by atoms with van der Waals surface area (Å²) >= 11 is 7.40. The number of hydrogen-bond acceptors (Lipinski definition) is 8. The Morgan fingerprint density at radius 2 is 0.927 bits per heavy atom. The Labute approximate surface area is 262 Å². The Morgan fingerprint density at radius 1 is 0.659 bits per heavy atom. The number of hydrogen-bond donors (Lipinski definition) is 0. The Hall–Kier alpha value is -3.07. The van der Waals surface area contributed by atoms with Gasteiger partial charge >= 0.3 is 11.7 Å². The number of thiocarbonyl (C=S) groups is 2. The first-order chi connectivity index (χ1) is 18.3. The molecule has 10 nitrogen and oxygen atoms in total. The van der Waals surface area contributed by atoms with E-state index in [1.54, 1.807) is 0 Å². The van der Waals surface area contributed by atoms with Crippen molar-refractivity contribution in [2.45, 2.75) is 91.4 Å². The molecular formula is C28H36N8NiO2S2. The van der Waals surface area contributed by atoms with Crippen molar-refractivity contribution in [1.29, 1.82) is 0 Å². The van der Waals surface area contributed by atoms with E-state index in [1.165, 1.54) is 10.3 Å². The first-order valence-corrected chi connectivity index (χ1v) is 13.2. The number of aliphatic imine (C=N–C) groups is 2. The van der Waals surface area contributed by atoms with Crippen LogP contribution in [0.3, 0.4) is 0 Å². The van der Waals surface area contributed by atoms with Crippen molar-refractivity contribution >= 4 is 46.4 Å². The molecule has 0 aromatic carbocycles. The van der Waals surface area contributed by atoms with Gasteiger partial charge in [-0.25, -0.2) is 9.97 Å². The molecule has 4 heterocycles. The van der Waals surface area contributed by atoms with Gasteiger partial charge in [0.1, 0.15) is 0 Å². The van der Waals surface area contributed by atoms with Gasteiger partial charge in [-0.05, 0) is 103 Å². The summed E-state index contributed by atoms with van der Waals surface area (Å²) in [4.78, 5) is 42.4. The van der Waals surface area contributed by atoms with Gasteiger partial charge in [-0.2, -0.15) is 10.3 Å². The molecule has 4 rings (SSSR count). The van der Waals surface area contributed by atoms with Gasteiger partial charge in [-0.1, -0.05) is 56.4 Å². The monoisotopic (exact) mass is 638 g/mol. The molecule has 0 bridgehead atoms. The van der Waals surface area contributed by atoms with E-state index in [9.17, 15) is 9.81 Å². The predicted molar refractivity (Wildman–Crippen MR) is 167 cm³/mol. The van der Waals surface area contributed by atoms with Gasteiger partial charge in [0, 0.05) is 27.9 Å². The van der Waals surface area contributed by atoms with E-state index in [0.717, 1.165) is 20.9 Å². The van der Waals surface area contributed by atoms with Crippen molar-refractivity contribution < 1.29 is 26.0 Å². The van der Waals surface area contributed by atoms with Gasteiger partial charge in [0.25, 0.3) is 0 Å². The Bertz CT molecular complexity index is 1310. The molecule has 0 spiro atoms. The SMILES string of the molecule is Cc1cccc(C2=NC(C)(C)C(C)(C)[N+]2=O)n1.Cc1cccc(C2=NC(C)(C)C(C)(C)[N+]2=O)n1.[N-]=C=S.[N-]=C=S.[Ni]. The maximum Gasteiger partial charge on any atom is 0.382 e. The molecule has 2 aromatic heterocycles. The number of pyridine rings is 2. The van der Waals surface area contributed by atoms with Crippen LogP contribution in [-0.2, 0) is 16.5 Å². The minimum atomic E-state index is -0.548. The molecule has 2 aliphatic rings. The number of amidine groups is 2. The van der Waals surface area contributed by atoms with Crippen LogP contribution in [0.2, 0.25) is 0 Å². The zero-order valence-corrected chi connectivity index (χ0v) is 27.6. The van der Waals surface area contributed by atoms with E-state index in [2.05, 4.69) is 44.4 Å². The van der Waals surface area contributed by atoms with Gasteiger partial charge in [-0.15, -0.1) is 0 Å². The van der Waals surface area contributed by atoms with Crippen LogP contribution in [0.15, 0.2) is 46.4 Å². The zero-order chi connectivity index (χ0) is 31.1. The van der Waals surface area contributed by atoms with E-state index in [4.69, 9.17) is 10.8 Å². The second-order valence-electron chi connectivity index (χ2n) is 11.2. The summed E-state index contributed by atoms with van der Waals surface area (Å²) in [5.41, 5.74) is 1.17. The maximum absolute atomic E-state index is 12.3. The third-order valence-corrected chi connectivity index (χ3v) is 7.40. The average molecular weight is 639 g/mol. The van der Waals surface area contributed by atoms with Crippen molar-refractivity contribution in [2.75, 3.05) is 0 Å². The summed E-state index contributed by atoms with van der Waals surface area (Å²) in [5.74, 6) is 0.868. The largest absolute Gasteiger partial charge is 0.753 e. The summed E-state index contributed by atoms with van der Waals surface area (Å²) in [6.07, 6.45) is 0. The van der Waals surface area contributed by atoms with Gasteiger partial charge in [0.05, 0.1) is 0 Å². The molecule has 2 aliphatic heterocycles. The average Bonchev–Trinajstić information content (AvgIpc) is 3.12. The van der Waals surface area contributed by atoms with Gasteiger partial charge in [0.15, 0.2) is 33.5 Å². The predicted octanol–water partition coefficient (Wildman–Crippen LogP) is 6.29. The van der Waals surface area contributed by atoms with Crippen LogP contribution in [0.25, 0.3) is 10.8 Å². The molecule has 0 amide bonds. The molecule has 0 unspecified atom stereocenters. The number of nitroso groups, excluding NO2 is 2. The minimum Gasteiger partial charge on any atom is -0.753 e. The first kappa shape index (κ1) is 37.9. The molecule has 0 saturated carbocycles. The second kappa shape index (κ2) is 14.7. The van der Waals surface area contributed by atoms with E-state index in [0.29, 0.717) is 23.1 Å². The molecule has 0 saturated heterocycles. The molecule has 0 radical (unpaired) electrons. The van der Waals surface area contributed by atoms with Gasteiger partial charge < -0.3 is 10.8 Å². The van der Waals surface area contributed by atoms with Crippen LogP contribution in [0.1, 0.15) is 78.2 Å². The van der Waals surface area contributed by atoms with Crippen LogP contribution < -0.4 is 0 Å². The fraction of sp³-hybridized carbons (Fsp3) is 0.500. The Balaban J connectivity index is 0.000000642. The summed E-state index contributed by atoms with van der Waals surface area (Å²) in [7, 11) is 0. The van der Waals surface area contributed by atoms with Crippen molar-refractivity contribution in [3.05, 3.63) is 79.8 Å². The van der Waals surface area contributed by atoms with Crippen molar-refractivity contribution in [2.24, 2.45) is 9.98 Å². The van der Waals surface area contributed by atoms with E-state index >= 15 is 0 Å². The maximum atomic E-state index is 12.3. The third kappa shape index (κ3) is 8.47. The molecule has 0 atom stereocenters. The number of isothiocyanates is 2. The summed E-state index contributed by atoms with van der Waals surface area (Å²) in [5, 5.41) is 16.9. The third-order valence-electron chi connectivity index (χ3n) is 7.40. The number of rotatable bonds is 2. The molecule has 222 valence electrons. The van der Waals surface area contributed by atoms with Crippen molar-refractivity contribution in [3.8, 4) is 0 Å². The van der Waals surface area contributed by atoms with Crippen LogP contribution in [0, 0.1) is 23.7 Å². The van der Waals surface area contributed by atoms with Crippen LogP contribution in [0.5, 0.6) is 0 Å². The number of aryl methyl sites for hydroxylation is 2. The van der Waals surface area contributed by atoms with E-state index in [-0.39, 0.29) is 16.5 Å². The molecule has 41 heavy (non-hydrogen) atoms. The van der Waals surface area contributed by atoms with Crippen LogP contribution in [-0.4, -0.2) is 63.6 Å². The quantitative estimate of drug-likeness (QED) is 0.164. The van der Waals surface area contributed by atoms with Gasteiger partial charge in [0.2, 0.25) is 0 Å². The number of aromatic nitrogens is 2. The van der Waals surface area contributed by atoms with Crippen molar-refractivity contribution in [3.63, 3.8) is 0 Å². The second-order valence-corrected chi connectivity index (χ2v) is 11.6. The fourth-order valence-electron chi connectivity index (χ4n) is 3.58. The zero-order valence-electron chi connectivity index (χ0n) is 25.0. The molecule has 0 fully saturated rings. The standard InChI is InChI=1S/2C13H18N3O.2CNS.Ni/c2*1-9-7-6-8-10(14-9)11-15-12(2,3)13(4,5)16(11)17;2*2-1-3;/h2*6-8H,1-5H3;;;/q2*+1;2*-1;. The smallest absolute Gasteiger partial charge is 0.382 e. The molecule has 13 heteroatoms. The van der Waals surface area contributed by atoms with Crippen LogP contribution in [0.4, 0.5) is 0 Å². The summed E-state index contributed by atoms with van der Waals surface area (Å²) in [6, 6.07) is 11.3. The fourth-order valence-corrected chi connectivity index (χ4v) is 3.58. The van der Waals surface area contributed by atoms with Gasteiger partial charge in [-0.3, -0.25) is 0 Å². The summed E-state index contributed by atoms with van der Waals surface area (Å²) in [6.45, 7) is 19.3. The topological polar surface area (TPSA) is 135 Å². The molecule has 2 aromatic rings. The molecular weight excluding hydrogens is 603 g/mol. The number of nitrogens with zero attached hydrogens (tertiary/aromatic N) is 8. The minimum absolute atomic E-state index is 0. The Kier molecular flexibility index (Phi) is 13.6. The van der Waals surface area contributed by atoms with E-state index in [1.807, 2.05) is 106 Å². The summed E-state index contributed by atoms with van der Waals surface area (Å²) < 4.78 is 1.96. The Morgan fingerprint density at radius 3 is 1.12 bits per heavy atom. The van der Waals surface area contributed by atoms with Crippen molar-refractivity contribution in [1.82, 2.24) is 9.97 Å².